The number of piperidine rings is 1. The molecule has 2 amide bonds. The molecule has 1 aromatic rings. The van der Waals surface area contributed by atoms with Crippen molar-refractivity contribution in [1.29, 1.82) is 0 Å². The lowest BCUT2D eigenvalue weighted by Crippen LogP contribution is -2.47. The average Bonchev–Trinajstić information content (AvgIpc) is 2.91. The van der Waals surface area contributed by atoms with Crippen LogP contribution in [0.2, 0.25) is 0 Å². The van der Waals surface area contributed by atoms with Crippen molar-refractivity contribution in [1.82, 2.24) is 10.2 Å². The van der Waals surface area contributed by atoms with Gasteiger partial charge in [0.15, 0.2) is 0 Å². The largest absolute Gasteiger partial charge is 0.466 e. The van der Waals surface area contributed by atoms with Crippen molar-refractivity contribution < 1.29 is 19.1 Å². The molecule has 2 N–H and O–H groups in total. The standard InChI is InChI=1S/C17H26N2O4/c1-4-17(11-20)5-7-19(8-6-17)15(21)10-18-16(22)14-9-12(2)23-13(14)3/h9,20H,4-8,10-11H2,1-3H3,(H,18,22). The molecule has 0 aromatic carbocycles. The minimum absolute atomic E-state index is 0.0131. The molecule has 2 rings (SSSR count). The van der Waals surface area contributed by atoms with Gasteiger partial charge < -0.3 is 19.7 Å². The maximum Gasteiger partial charge on any atom is 0.255 e. The lowest BCUT2D eigenvalue weighted by Gasteiger charge is -2.40. The van der Waals surface area contributed by atoms with Gasteiger partial charge in [-0.15, -0.1) is 0 Å². The Morgan fingerprint density at radius 2 is 2.00 bits per heavy atom. The van der Waals surface area contributed by atoms with Crippen molar-refractivity contribution >= 4 is 11.8 Å². The Kier molecular flexibility index (Phi) is 5.46. The topological polar surface area (TPSA) is 82.8 Å². The molecule has 0 bridgehead atoms. The lowest BCUT2D eigenvalue weighted by atomic mass is 9.77. The SMILES string of the molecule is CCC1(CO)CCN(C(=O)CNC(=O)c2cc(C)oc2C)CC1. The summed E-state index contributed by atoms with van der Waals surface area (Å²) < 4.78 is 5.33. The molecule has 6 heteroatoms. The lowest BCUT2D eigenvalue weighted by molar-refractivity contribution is -0.133. The molecule has 6 nitrogen and oxygen atoms in total. The maximum atomic E-state index is 12.2. The second-order valence-corrected chi connectivity index (χ2v) is 6.40. The fourth-order valence-electron chi connectivity index (χ4n) is 3.07. The van der Waals surface area contributed by atoms with Crippen molar-refractivity contribution in [3.8, 4) is 0 Å². The van der Waals surface area contributed by atoms with E-state index in [2.05, 4.69) is 12.2 Å². The van der Waals surface area contributed by atoms with Crippen molar-refractivity contribution in [2.45, 2.75) is 40.0 Å². The summed E-state index contributed by atoms with van der Waals surface area (Å²) in [5, 5.41) is 12.2. The summed E-state index contributed by atoms with van der Waals surface area (Å²) in [5.41, 5.74) is 0.421. The molecule has 0 unspecified atom stereocenters. The van der Waals surface area contributed by atoms with E-state index in [1.165, 1.54) is 0 Å². The first-order valence-electron chi connectivity index (χ1n) is 8.14. The number of aryl methyl sites for hydroxylation is 2. The van der Waals surface area contributed by atoms with Crippen LogP contribution in [0.4, 0.5) is 0 Å². The number of aliphatic hydroxyl groups is 1. The third-order valence-electron chi connectivity index (χ3n) is 4.95. The number of nitrogens with one attached hydrogen (secondary N) is 1. The molecule has 23 heavy (non-hydrogen) atoms. The zero-order chi connectivity index (χ0) is 17.0. The zero-order valence-corrected chi connectivity index (χ0v) is 14.1. The molecule has 1 aromatic heterocycles. The van der Waals surface area contributed by atoms with Crippen LogP contribution < -0.4 is 5.32 Å². The van der Waals surface area contributed by atoms with Gasteiger partial charge in [0, 0.05) is 19.7 Å². The number of amides is 2. The Balaban J connectivity index is 1.84. The van der Waals surface area contributed by atoms with Gasteiger partial charge >= 0.3 is 0 Å². The van der Waals surface area contributed by atoms with Crippen molar-refractivity contribution in [3.63, 3.8) is 0 Å². The van der Waals surface area contributed by atoms with E-state index in [-0.39, 0.29) is 30.4 Å². The van der Waals surface area contributed by atoms with Gasteiger partial charge in [-0.25, -0.2) is 0 Å². The highest BCUT2D eigenvalue weighted by Gasteiger charge is 2.33. The van der Waals surface area contributed by atoms with Gasteiger partial charge in [-0.3, -0.25) is 9.59 Å². The Bertz CT molecular complexity index is 565. The van der Waals surface area contributed by atoms with Gasteiger partial charge in [0.2, 0.25) is 5.91 Å². The van der Waals surface area contributed by atoms with Crippen molar-refractivity contribution in [2.24, 2.45) is 5.41 Å². The normalized spacial score (nSPS) is 17.1. The second kappa shape index (κ2) is 7.17. The molecule has 0 atom stereocenters. The van der Waals surface area contributed by atoms with Crippen LogP contribution in [0.5, 0.6) is 0 Å². The Hall–Kier alpha value is -1.82. The number of furan rings is 1. The van der Waals surface area contributed by atoms with E-state index in [0.29, 0.717) is 30.2 Å². The molecule has 1 aliphatic rings. The number of carbonyl (C=O) groups is 2. The number of aliphatic hydroxyl groups excluding tert-OH is 1. The quantitative estimate of drug-likeness (QED) is 0.863. The highest BCUT2D eigenvalue weighted by Crippen LogP contribution is 2.34. The van der Waals surface area contributed by atoms with Crippen LogP contribution in [0.3, 0.4) is 0 Å². The number of hydrogen-bond donors (Lipinski definition) is 2. The summed E-state index contributed by atoms with van der Waals surface area (Å²) in [7, 11) is 0. The molecular formula is C17H26N2O4. The molecule has 1 fully saturated rings. The summed E-state index contributed by atoms with van der Waals surface area (Å²) in [5.74, 6) is 0.859. The number of hydrogen-bond acceptors (Lipinski definition) is 4. The third kappa shape index (κ3) is 3.93. The van der Waals surface area contributed by atoms with Gasteiger partial charge in [-0.1, -0.05) is 6.92 Å². The molecule has 0 spiro atoms. The van der Waals surface area contributed by atoms with Crippen LogP contribution >= 0.6 is 0 Å². The number of carbonyl (C=O) groups excluding carboxylic acids is 2. The summed E-state index contributed by atoms with van der Waals surface area (Å²) >= 11 is 0. The van der Waals surface area contributed by atoms with Gasteiger partial charge in [-0.2, -0.15) is 0 Å². The highest BCUT2D eigenvalue weighted by atomic mass is 16.3. The molecule has 1 saturated heterocycles. The smallest absolute Gasteiger partial charge is 0.255 e. The minimum atomic E-state index is -0.289. The van der Waals surface area contributed by atoms with Crippen molar-refractivity contribution in [2.75, 3.05) is 26.2 Å². The molecule has 0 radical (unpaired) electrons. The summed E-state index contributed by atoms with van der Waals surface area (Å²) in [4.78, 5) is 26.1. The predicted molar refractivity (Wildman–Crippen MR) is 86.1 cm³/mol. The van der Waals surface area contributed by atoms with E-state index < -0.39 is 0 Å². The fraction of sp³-hybridized carbons (Fsp3) is 0.647. The molecule has 2 heterocycles. The first kappa shape index (κ1) is 17.5. The number of rotatable bonds is 5. The first-order valence-corrected chi connectivity index (χ1v) is 8.14. The molecule has 128 valence electrons. The Morgan fingerprint density at radius 3 is 2.48 bits per heavy atom. The molecular weight excluding hydrogens is 296 g/mol. The molecule has 0 aliphatic carbocycles. The highest BCUT2D eigenvalue weighted by molar-refractivity contribution is 5.97. The predicted octanol–water partition coefficient (Wildman–Crippen LogP) is 1.64. The fourth-order valence-corrected chi connectivity index (χ4v) is 3.07. The van der Waals surface area contributed by atoms with E-state index in [9.17, 15) is 14.7 Å². The van der Waals surface area contributed by atoms with Crippen LogP contribution in [-0.2, 0) is 4.79 Å². The monoisotopic (exact) mass is 322 g/mol. The summed E-state index contributed by atoms with van der Waals surface area (Å²) in [6.07, 6.45) is 2.53. The Morgan fingerprint density at radius 1 is 1.35 bits per heavy atom. The summed E-state index contributed by atoms with van der Waals surface area (Å²) in [6.45, 7) is 7.00. The van der Waals surface area contributed by atoms with Gasteiger partial charge in [-0.05, 0) is 44.6 Å². The average molecular weight is 322 g/mol. The third-order valence-corrected chi connectivity index (χ3v) is 4.95. The molecule has 0 saturated carbocycles. The van der Waals surface area contributed by atoms with E-state index in [1.54, 1.807) is 24.8 Å². The van der Waals surface area contributed by atoms with Gasteiger partial charge in [0.05, 0.1) is 12.1 Å². The van der Waals surface area contributed by atoms with Crippen LogP contribution in [-0.4, -0.2) is 48.1 Å². The maximum absolute atomic E-state index is 12.2. The summed E-state index contributed by atoms with van der Waals surface area (Å²) in [6, 6.07) is 1.67. The van der Waals surface area contributed by atoms with E-state index >= 15 is 0 Å². The number of likely N-dealkylation sites (tertiary alicyclic amines) is 1. The Labute approximate surface area is 136 Å². The van der Waals surface area contributed by atoms with E-state index in [1.807, 2.05) is 0 Å². The van der Waals surface area contributed by atoms with Crippen LogP contribution in [0.1, 0.15) is 48.1 Å². The minimum Gasteiger partial charge on any atom is -0.466 e. The number of nitrogens with zero attached hydrogens (tertiary/aromatic N) is 1. The van der Waals surface area contributed by atoms with Crippen LogP contribution in [0.15, 0.2) is 10.5 Å². The van der Waals surface area contributed by atoms with E-state index in [0.717, 1.165) is 19.3 Å². The van der Waals surface area contributed by atoms with Gasteiger partial charge in [0.25, 0.3) is 5.91 Å². The molecule has 1 aliphatic heterocycles. The van der Waals surface area contributed by atoms with Crippen LogP contribution in [0, 0.1) is 19.3 Å². The first-order chi connectivity index (χ1) is 10.9. The van der Waals surface area contributed by atoms with E-state index in [4.69, 9.17) is 4.42 Å². The second-order valence-electron chi connectivity index (χ2n) is 6.40. The van der Waals surface area contributed by atoms with Crippen molar-refractivity contribution in [3.05, 3.63) is 23.2 Å². The van der Waals surface area contributed by atoms with Gasteiger partial charge in [0.1, 0.15) is 11.5 Å². The van der Waals surface area contributed by atoms with Crippen LogP contribution in [0.25, 0.3) is 0 Å². The zero-order valence-electron chi connectivity index (χ0n) is 14.1.